The molecule has 0 bridgehead atoms. The number of rotatable bonds is 6. The molecule has 0 radical (unpaired) electrons. The van der Waals surface area contributed by atoms with E-state index in [0.29, 0.717) is 5.84 Å². The average Bonchev–Trinajstić information content (AvgIpc) is 3.33. The molecule has 2 aromatic carbocycles. The number of hydrogen-bond acceptors (Lipinski definition) is 6. The van der Waals surface area contributed by atoms with E-state index in [-0.39, 0.29) is 12.6 Å². The van der Waals surface area contributed by atoms with Crippen molar-refractivity contribution in [2.24, 2.45) is 5.16 Å². The van der Waals surface area contributed by atoms with E-state index in [4.69, 9.17) is 15.4 Å². The highest BCUT2D eigenvalue weighted by Gasteiger charge is 2.27. The van der Waals surface area contributed by atoms with E-state index in [1.807, 2.05) is 29.2 Å². The highest BCUT2D eigenvalue weighted by molar-refractivity contribution is 6.03. The molecule has 3 heterocycles. The summed E-state index contributed by atoms with van der Waals surface area (Å²) in [5, 5.41) is 22.0. The van der Waals surface area contributed by atoms with Gasteiger partial charge < -0.3 is 14.8 Å². The van der Waals surface area contributed by atoms with E-state index >= 15 is 0 Å². The lowest BCUT2D eigenvalue weighted by atomic mass is 9.98. The number of carbonyl (C=O) groups is 1. The van der Waals surface area contributed by atoms with Crippen LogP contribution in [0.4, 0.5) is 0 Å². The Balaban J connectivity index is 1.12. The Morgan fingerprint density at radius 1 is 1.00 bits per heavy atom. The van der Waals surface area contributed by atoms with Crippen LogP contribution in [0.25, 0.3) is 0 Å². The maximum absolute atomic E-state index is 10.9. The van der Waals surface area contributed by atoms with Gasteiger partial charge in [0.15, 0.2) is 0 Å². The predicted molar refractivity (Wildman–Crippen MR) is 130 cm³/mol. The van der Waals surface area contributed by atoms with Crippen LogP contribution in [0.3, 0.4) is 0 Å². The van der Waals surface area contributed by atoms with Gasteiger partial charge in [0, 0.05) is 57.8 Å². The number of carboxylic acid groups (broad SMARTS) is 1. The Bertz CT molecular complexity index is 1080. The minimum Gasteiger partial charge on any atom is -0.480 e. The molecule has 8 heteroatoms. The third kappa shape index (κ3) is 5.13. The van der Waals surface area contributed by atoms with Gasteiger partial charge >= 0.3 is 5.97 Å². The fourth-order valence-corrected chi connectivity index (χ4v) is 5.00. The molecule has 0 aliphatic carbocycles. The van der Waals surface area contributed by atoms with Gasteiger partial charge in [0.2, 0.25) is 0 Å². The summed E-state index contributed by atoms with van der Waals surface area (Å²) >= 11 is 0. The zero-order chi connectivity index (χ0) is 23.5. The Morgan fingerprint density at radius 2 is 1.71 bits per heavy atom. The summed E-state index contributed by atoms with van der Waals surface area (Å²) in [6.45, 7) is 5.78. The molecule has 34 heavy (non-hydrogen) atoms. The third-order valence-electron chi connectivity index (χ3n) is 6.96. The van der Waals surface area contributed by atoms with Crippen molar-refractivity contribution in [1.29, 1.82) is 5.41 Å². The van der Waals surface area contributed by atoms with Crippen LogP contribution in [-0.4, -0.2) is 89.2 Å². The van der Waals surface area contributed by atoms with Gasteiger partial charge in [-0.15, -0.1) is 0 Å². The van der Waals surface area contributed by atoms with Crippen LogP contribution >= 0.6 is 0 Å². The normalized spacial score (nSPS) is 21.0. The number of amidine groups is 1. The number of oxime groups is 1. The van der Waals surface area contributed by atoms with Crippen molar-refractivity contribution in [3.8, 4) is 0 Å². The summed E-state index contributed by atoms with van der Waals surface area (Å²) in [7, 11) is 0. The third-order valence-corrected chi connectivity index (χ3v) is 6.96. The average molecular weight is 462 g/mol. The number of hydrogen-bond donors (Lipinski definition) is 2. The van der Waals surface area contributed by atoms with E-state index in [2.05, 4.69) is 39.2 Å². The summed E-state index contributed by atoms with van der Waals surface area (Å²) in [6, 6.07) is 16.6. The Kier molecular flexibility index (Phi) is 6.60. The molecule has 8 nitrogen and oxygen atoms in total. The molecule has 3 aliphatic heterocycles. The number of carboxylic acids is 1. The monoisotopic (exact) mass is 461 g/mol. The van der Waals surface area contributed by atoms with E-state index in [0.717, 1.165) is 75.5 Å². The fourth-order valence-electron chi connectivity index (χ4n) is 5.00. The van der Waals surface area contributed by atoms with Gasteiger partial charge in [0.1, 0.15) is 11.9 Å². The van der Waals surface area contributed by atoms with Crippen LogP contribution in [0, 0.1) is 5.41 Å². The fraction of sp³-hybridized carbons (Fsp3) is 0.423. The quantitative estimate of drug-likeness (QED) is 0.507. The molecule has 0 aromatic heterocycles. The smallest absolute Gasteiger partial charge is 0.317 e. The number of fused-ring (bicyclic) bond motifs is 1. The van der Waals surface area contributed by atoms with Gasteiger partial charge in [-0.25, -0.2) is 0 Å². The lowest BCUT2D eigenvalue weighted by molar-refractivity contribution is -0.138. The zero-order valence-corrected chi connectivity index (χ0v) is 19.3. The van der Waals surface area contributed by atoms with Gasteiger partial charge in [-0.3, -0.25) is 20.0 Å². The summed E-state index contributed by atoms with van der Waals surface area (Å²) in [5.41, 5.74) is 5.59. The SMILES string of the molecule is N=C(c1ccc(C2=NOC(CN3CCN(CC(=O)O)CC3)C2)cc1)N1CCc2ccccc2C1. The highest BCUT2D eigenvalue weighted by atomic mass is 16.6. The van der Waals surface area contributed by atoms with Gasteiger partial charge in [0.05, 0.1) is 12.3 Å². The van der Waals surface area contributed by atoms with E-state index in [1.54, 1.807) is 0 Å². The van der Waals surface area contributed by atoms with Gasteiger partial charge in [0.25, 0.3) is 0 Å². The molecule has 0 spiro atoms. The maximum atomic E-state index is 10.9. The zero-order valence-electron chi connectivity index (χ0n) is 19.3. The lowest BCUT2D eigenvalue weighted by Crippen LogP contribution is -2.49. The highest BCUT2D eigenvalue weighted by Crippen LogP contribution is 2.22. The first kappa shape index (κ1) is 22.6. The van der Waals surface area contributed by atoms with Crippen molar-refractivity contribution in [2.75, 3.05) is 45.8 Å². The molecular weight excluding hydrogens is 430 g/mol. The van der Waals surface area contributed by atoms with Crippen LogP contribution < -0.4 is 0 Å². The van der Waals surface area contributed by atoms with Crippen molar-refractivity contribution < 1.29 is 14.7 Å². The van der Waals surface area contributed by atoms with Crippen molar-refractivity contribution in [3.05, 3.63) is 70.8 Å². The van der Waals surface area contributed by atoms with E-state index in [1.165, 1.54) is 11.1 Å². The molecule has 2 N–H and O–H groups in total. The first-order valence-corrected chi connectivity index (χ1v) is 12.0. The first-order valence-electron chi connectivity index (χ1n) is 12.0. The van der Waals surface area contributed by atoms with E-state index in [9.17, 15) is 4.79 Å². The van der Waals surface area contributed by atoms with Crippen molar-refractivity contribution in [2.45, 2.75) is 25.5 Å². The molecule has 5 rings (SSSR count). The Labute approximate surface area is 199 Å². The molecule has 1 fully saturated rings. The summed E-state index contributed by atoms with van der Waals surface area (Å²) in [4.78, 5) is 23.0. The molecule has 3 aliphatic rings. The first-order chi connectivity index (χ1) is 16.5. The standard InChI is InChI=1S/C26H31N5O3/c27-26(31-10-9-19-3-1-2-4-22(19)16-31)21-7-5-20(6-8-21)24-15-23(34-28-24)17-29-11-13-30(14-12-29)18-25(32)33/h1-8,23,27H,9-18H2,(H,32,33). The van der Waals surface area contributed by atoms with Gasteiger partial charge in [-0.1, -0.05) is 53.7 Å². The second-order valence-corrected chi connectivity index (χ2v) is 9.31. The summed E-state index contributed by atoms with van der Waals surface area (Å²) < 4.78 is 0. The maximum Gasteiger partial charge on any atom is 0.317 e. The van der Waals surface area contributed by atoms with Crippen molar-refractivity contribution in [1.82, 2.24) is 14.7 Å². The van der Waals surface area contributed by atoms with E-state index < -0.39 is 5.97 Å². The number of benzene rings is 2. The predicted octanol–water partition coefficient (Wildman–Crippen LogP) is 2.27. The van der Waals surface area contributed by atoms with Gasteiger partial charge in [-0.05, 0) is 23.1 Å². The minimum atomic E-state index is -0.770. The number of nitrogens with one attached hydrogen (secondary N) is 1. The van der Waals surface area contributed by atoms with Crippen LogP contribution in [0.1, 0.15) is 28.7 Å². The molecule has 0 saturated carbocycles. The molecule has 1 unspecified atom stereocenters. The van der Waals surface area contributed by atoms with Crippen LogP contribution in [0.15, 0.2) is 53.7 Å². The summed E-state index contributed by atoms with van der Waals surface area (Å²) in [6.07, 6.45) is 1.75. The molecule has 178 valence electrons. The Morgan fingerprint density at radius 3 is 2.44 bits per heavy atom. The molecular formula is C26H31N5O3. The number of piperazine rings is 1. The van der Waals surface area contributed by atoms with Crippen molar-refractivity contribution >= 4 is 17.5 Å². The van der Waals surface area contributed by atoms with Gasteiger partial charge in [-0.2, -0.15) is 0 Å². The summed E-state index contributed by atoms with van der Waals surface area (Å²) in [5.74, 6) is -0.210. The number of nitrogens with zero attached hydrogens (tertiary/aromatic N) is 4. The lowest BCUT2D eigenvalue weighted by Gasteiger charge is -2.34. The molecule has 2 aromatic rings. The van der Waals surface area contributed by atoms with Crippen LogP contribution in [0.5, 0.6) is 0 Å². The number of aliphatic carboxylic acids is 1. The molecule has 1 saturated heterocycles. The minimum absolute atomic E-state index is 0.0208. The van der Waals surface area contributed by atoms with Crippen molar-refractivity contribution in [3.63, 3.8) is 0 Å². The largest absolute Gasteiger partial charge is 0.480 e. The Hall–Kier alpha value is -3.23. The second-order valence-electron chi connectivity index (χ2n) is 9.31. The molecule has 1 atom stereocenters. The molecule has 0 amide bonds. The second kappa shape index (κ2) is 9.95. The van der Waals surface area contributed by atoms with Crippen LogP contribution in [-0.2, 0) is 22.6 Å². The topological polar surface area (TPSA) is 92.5 Å². The van der Waals surface area contributed by atoms with Crippen LogP contribution in [0.2, 0.25) is 0 Å².